The number of imide groups is 1. The van der Waals surface area contributed by atoms with E-state index in [0.717, 1.165) is 16.5 Å². The molecule has 2 amide bonds. The van der Waals surface area contributed by atoms with E-state index in [-0.39, 0.29) is 34.1 Å². The van der Waals surface area contributed by atoms with Crippen LogP contribution in [0.3, 0.4) is 0 Å². The highest BCUT2D eigenvalue weighted by atomic mass is 35.5. The molecular weight excluding hydrogens is 505 g/mol. The second-order valence-electron chi connectivity index (χ2n) is 7.65. The van der Waals surface area contributed by atoms with E-state index in [1.54, 1.807) is 54.6 Å². The highest BCUT2D eigenvalue weighted by Crippen LogP contribution is 2.38. The first-order chi connectivity index (χ1) is 17.4. The number of carbonyl (C=O) groups is 3. The molecule has 1 saturated heterocycles. The van der Waals surface area contributed by atoms with Gasteiger partial charge in [0.2, 0.25) is 11.1 Å². The summed E-state index contributed by atoms with van der Waals surface area (Å²) in [6, 6.07) is 19.1. The van der Waals surface area contributed by atoms with Gasteiger partial charge in [-0.05, 0) is 46.3 Å². The third-order valence-corrected chi connectivity index (χ3v) is 6.46. The zero-order valence-corrected chi connectivity index (χ0v) is 19.9. The van der Waals surface area contributed by atoms with E-state index in [2.05, 4.69) is 9.97 Å². The summed E-state index contributed by atoms with van der Waals surface area (Å²) in [7, 11) is 0. The standard InChI is InChI=1S/C26H15ClFN3O4S/c27-25-29-13-19(28)23(30-25)35-21-11-10-15-6-4-5-9-17(15)18(21)12-22-24(33)31(26(34)36-22)14-20(32)16-7-2-1-3-8-16/h1-13H,14H2/b22-12+. The number of hydrogen-bond donors (Lipinski definition) is 0. The molecule has 0 unspecified atom stereocenters. The second kappa shape index (κ2) is 9.88. The molecule has 0 saturated carbocycles. The number of aromatic nitrogens is 2. The maximum atomic E-state index is 14.3. The monoisotopic (exact) mass is 519 g/mol. The Bertz CT molecular complexity index is 1560. The zero-order valence-electron chi connectivity index (χ0n) is 18.4. The van der Waals surface area contributed by atoms with Crippen molar-refractivity contribution in [2.75, 3.05) is 6.54 Å². The van der Waals surface area contributed by atoms with E-state index in [1.807, 2.05) is 12.1 Å². The van der Waals surface area contributed by atoms with E-state index in [0.29, 0.717) is 28.3 Å². The fourth-order valence-corrected chi connectivity index (χ4v) is 4.59. The molecule has 1 aliphatic heterocycles. The molecule has 5 rings (SSSR count). The molecule has 7 nitrogen and oxygen atoms in total. The van der Waals surface area contributed by atoms with Gasteiger partial charge >= 0.3 is 0 Å². The highest BCUT2D eigenvalue weighted by molar-refractivity contribution is 8.18. The van der Waals surface area contributed by atoms with Crippen LogP contribution in [0, 0.1) is 5.82 Å². The Hall–Kier alpha value is -4.08. The lowest BCUT2D eigenvalue weighted by Gasteiger charge is -2.13. The van der Waals surface area contributed by atoms with E-state index in [4.69, 9.17) is 16.3 Å². The van der Waals surface area contributed by atoms with Crippen molar-refractivity contribution in [1.29, 1.82) is 0 Å². The number of nitrogens with zero attached hydrogens (tertiary/aromatic N) is 3. The maximum Gasteiger partial charge on any atom is 0.293 e. The molecule has 10 heteroatoms. The minimum atomic E-state index is -0.821. The largest absolute Gasteiger partial charge is 0.436 e. The van der Waals surface area contributed by atoms with Crippen molar-refractivity contribution in [2.24, 2.45) is 0 Å². The number of halogens is 2. The molecule has 1 aliphatic rings. The van der Waals surface area contributed by atoms with Gasteiger partial charge in [0.25, 0.3) is 17.0 Å². The van der Waals surface area contributed by atoms with Crippen molar-refractivity contribution in [2.45, 2.75) is 0 Å². The minimum absolute atomic E-state index is 0.100. The van der Waals surface area contributed by atoms with Gasteiger partial charge in [0, 0.05) is 11.1 Å². The Labute approximate surface area is 213 Å². The number of Topliss-reactive ketones (excluding diaryl/α,β-unsaturated/α-hetero) is 1. The van der Waals surface area contributed by atoms with Crippen LogP contribution < -0.4 is 4.74 Å². The van der Waals surface area contributed by atoms with Crippen LogP contribution in [0.1, 0.15) is 15.9 Å². The predicted octanol–water partition coefficient (Wildman–Crippen LogP) is 6.13. The molecule has 0 bridgehead atoms. The van der Waals surface area contributed by atoms with Gasteiger partial charge in [-0.2, -0.15) is 9.37 Å². The first kappa shape index (κ1) is 23.7. The van der Waals surface area contributed by atoms with Gasteiger partial charge < -0.3 is 4.74 Å². The Balaban J connectivity index is 1.52. The second-order valence-corrected chi connectivity index (χ2v) is 8.98. The number of rotatable bonds is 6. The molecule has 1 fully saturated rings. The molecule has 36 heavy (non-hydrogen) atoms. The molecule has 3 aromatic carbocycles. The van der Waals surface area contributed by atoms with Crippen molar-refractivity contribution in [3.8, 4) is 11.6 Å². The molecule has 0 spiro atoms. The summed E-state index contributed by atoms with van der Waals surface area (Å²) in [5.41, 5.74) is 0.831. The van der Waals surface area contributed by atoms with Crippen LogP contribution in [0.15, 0.2) is 77.8 Å². The molecule has 4 aromatic rings. The Kier molecular flexibility index (Phi) is 6.49. The van der Waals surface area contributed by atoms with Crippen molar-refractivity contribution < 1.29 is 23.5 Å². The Morgan fingerprint density at radius 2 is 1.81 bits per heavy atom. The Morgan fingerprint density at radius 1 is 1.06 bits per heavy atom. The third kappa shape index (κ3) is 4.71. The molecule has 0 aliphatic carbocycles. The van der Waals surface area contributed by atoms with Crippen LogP contribution in [0.5, 0.6) is 11.6 Å². The molecule has 0 N–H and O–H groups in total. The van der Waals surface area contributed by atoms with Gasteiger partial charge in [0.15, 0.2) is 5.78 Å². The molecule has 0 atom stereocenters. The number of fused-ring (bicyclic) bond motifs is 1. The van der Waals surface area contributed by atoms with Gasteiger partial charge in [-0.15, -0.1) is 0 Å². The number of amides is 2. The number of benzene rings is 3. The van der Waals surface area contributed by atoms with Crippen LogP contribution >= 0.6 is 23.4 Å². The smallest absolute Gasteiger partial charge is 0.293 e. The lowest BCUT2D eigenvalue weighted by molar-refractivity contribution is -0.122. The van der Waals surface area contributed by atoms with Crippen LogP contribution in [-0.2, 0) is 4.79 Å². The van der Waals surface area contributed by atoms with Crippen molar-refractivity contribution in [3.05, 3.63) is 100 Å². The first-order valence-corrected chi connectivity index (χ1v) is 11.8. The van der Waals surface area contributed by atoms with Crippen LogP contribution in [0.2, 0.25) is 5.28 Å². The van der Waals surface area contributed by atoms with Gasteiger partial charge in [0.05, 0.1) is 17.6 Å². The topological polar surface area (TPSA) is 89.5 Å². The first-order valence-electron chi connectivity index (χ1n) is 10.6. The average Bonchev–Trinajstić information content (AvgIpc) is 3.15. The van der Waals surface area contributed by atoms with E-state index in [1.165, 1.54) is 6.08 Å². The number of carbonyl (C=O) groups excluding carboxylic acids is 3. The molecule has 1 aromatic heterocycles. The quantitative estimate of drug-likeness (QED) is 0.172. The van der Waals surface area contributed by atoms with E-state index >= 15 is 0 Å². The summed E-state index contributed by atoms with van der Waals surface area (Å²) in [4.78, 5) is 46.7. The van der Waals surface area contributed by atoms with E-state index in [9.17, 15) is 18.8 Å². The number of thioether (sulfide) groups is 1. The minimum Gasteiger partial charge on any atom is -0.436 e. The van der Waals surface area contributed by atoms with Crippen molar-refractivity contribution in [1.82, 2.24) is 14.9 Å². The summed E-state index contributed by atoms with van der Waals surface area (Å²) in [5.74, 6) is -1.98. The summed E-state index contributed by atoms with van der Waals surface area (Å²) in [6.07, 6.45) is 2.39. The maximum absolute atomic E-state index is 14.3. The molecule has 0 radical (unpaired) electrons. The van der Waals surface area contributed by atoms with Gasteiger partial charge in [-0.1, -0.05) is 60.7 Å². The number of ketones is 1. The van der Waals surface area contributed by atoms with Crippen molar-refractivity contribution >= 4 is 57.1 Å². The summed E-state index contributed by atoms with van der Waals surface area (Å²) >= 11 is 6.51. The molecule has 2 heterocycles. The third-order valence-electron chi connectivity index (χ3n) is 5.37. The lowest BCUT2D eigenvalue weighted by atomic mass is 10.0. The van der Waals surface area contributed by atoms with Gasteiger partial charge in [-0.25, -0.2) is 4.98 Å². The number of ether oxygens (including phenoxy) is 1. The summed E-state index contributed by atoms with van der Waals surface area (Å²) < 4.78 is 20.0. The van der Waals surface area contributed by atoms with Crippen LogP contribution in [-0.4, -0.2) is 38.3 Å². The van der Waals surface area contributed by atoms with E-state index < -0.39 is 17.0 Å². The van der Waals surface area contributed by atoms with Crippen molar-refractivity contribution in [3.63, 3.8) is 0 Å². The van der Waals surface area contributed by atoms with Crippen LogP contribution in [0.25, 0.3) is 16.8 Å². The van der Waals surface area contributed by atoms with Crippen LogP contribution in [0.4, 0.5) is 9.18 Å². The lowest BCUT2D eigenvalue weighted by Crippen LogP contribution is -2.33. The molecular formula is C26H15ClFN3O4S. The Morgan fingerprint density at radius 3 is 2.61 bits per heavy atom. The zero-order chi connectivity index (χ0) is 25.2. The highest BCUT2D eigenvalue weighted by Gasteiger charge is 2.36. The normalized spacial score (nSPS) is 14.6. The average molecular weight is 520 g/mol. The summed E-state index contributed by atoms with van der Waals surface area (Å²) in [5, 5.41) is 0.767. The van der Waals surface area contributed by atoms with Gasteiger partial charge in [0.1, 0.15) is 5.75 Å². The predicted molar refractivity (Wildman–Crippen MR) is 134 cm³/mol. The fraction of sp³-hybridized carbons (Fsp3) is 0.0385. The number of hydrogen-bond acceptors (Lipinski definition) is 7. The van der Waals surface area contributed by atoms with Gasteiger partial charge in [-0.3, -0.25) is 19.3 Å². The molecule has 178 valence electrons. The fourth-order valence-electron chi connectivity index (χ4n) is 3.65. The summed E-state index contributed by atoms with van der Waals surface area (Å²) in [6.45, 7) is -0.379. The SMILES string of the molecule is O=C(CN1C(=O)S/C(=C/c2c(Oc3nc(Cl)ncc3F)ccc3ccccc23)C1=O)c1ccccc1.